The summed E-state index contributed by atoms with van der Waals surface area (Å²) in [6.45, 7) is 4.90. The quantitative estimate of drug-likeness (QED) is 0.405. The summed E-state index contributed by atoms with van der Waals surface area (Å²) in [4.78, 5) is 26.2. The van der Waals surface area contributed by atoms with Crippen molar-refractivity contribution in [2.24, 2.45) is 0 Å². The van der Waals surface area contributed by atoms with Crippen LogP contribution in [0, 0.1) is 6.92 Å². The predicted octanol–water partition coefficient (Wildman–Crippen LogP) is 4.85. The zero-order valence-corrected chi connectivity index (χ0v) is 18.8. The summed E-state index contributed by atoms with van der Waals surface area (Å²) in [5, 5.41) is 3.05. The lowest BCUT2D eigenvalue weighted by atomic mass is 10.1. The van der Waals surface area contributed by atoms with Crippen LogP contribution in [0.1, 0.15) is 21.8 Å². The van der Waals surface area contributed by atoms with E-state index in [1.807, 2.05) is 53.6 Å². The molecule has 1 fully saturated rings. The van der Waals surface area contributed by atoms with E-state index in [1.54, 1.807) is 35.5 Å². The van der Waals surface area contributed by atoms with Crippen LogP contribution in [-0.4, -0.2) is 47.0 Å². The molecule has 158 valence electrons. The van der Waals surface area contributed by atoms with E-state index in [0.717, 1.165) is 45.3 Å². The van der Waals surface area contributed by atoms with Crippen LogP contribution in [0.3, 0.4) is 0 Å². The number of hydrogen-bond acceptors (Lipinski definition) is 7. The first-order valence-electron chi connectivity index (χ1n) is 10.2. The van der Waals surface area contributed by atoms with Gasteiger partial charge in [0.25, 0.3) is 5.91 Å². The fourth-order valence-electron chi connectivity index (χ4n) is 3.81. The van der Waals surface area contributed by atoms with E-state index < -0.39 is 0 Å². The molecule has 4 aromatic rings. The van der Waals surface area contributed by atoms with E-state index in [1.165, 1.54) is 0 Å². The second-order valence-corrected chi connectivity index (χ2v) is 9.51. The molecule has 4 heterocycles. The summed E-state index contributed by atoms with van der Waals surface area (Å²) in [7, 11) is 0. The number of furan rings is 1. The van der Waals surface area contributed by atoms with Crippen molar-refractivity contribution in [1.29, 1.82) is 0 Å². The van der Waals surface area contributed by atoms with Gasteiger partial charge < -0.3 is 14.2 Å². The number of fused-ring (bicyclic) bond motifs is 1. The van der Waals surface area contributed by atoms with Gasteiger partial charge in [0.05, 0.1) is 0 Å². The molecule has 1 aliphatic rings. The Balaban J connectivity index is 1.36. The highest BCUT2D eigenvalue weighted by Crippen LogP contribution is 2.34. The van der Waals surface area contributed by atoms with Crippen LogP contribution < -0.4 is 4.90 Å². The average molecular weight is 451 g/mol. The van der Waals surface area contributed by atoms with Gasteiger partial charge in [-0.2, -0.15) is 0 Å². The summed E-state index contributed by atoms with van der Waals surface area (Å²) in [6.07, 6.45) is 3.60. The van der Waals surface area contributed by atoms with Gasteiger partial charge in [-0.1, -0.05) is 30.0 Å². The number of rotatable bonds is 5. The minimum absolute atomic E-state index is 0.0310. The number of pyridine rings is 1. The number of thiazole rings is 1. The fraction of sp³-hybridized carbons (Fsp3) is 0.261. The van der Waals surface area contributed by atoms with E-state index in [4.69, 9.17) is 4.42 Å². The topological polar surface area (TPSA) is 62.5 Å². The minimum atomic E-state index is -0.0310. The number of hydrogen-bond donors (Lipinski definition) is 0. The lowest BCUT2D eigenvalue weighted by Crippen LogP contribution is -2.48. The highest BCUT2D eigenvalue weighted by atomic mass is 32.2. The SMILES string of the molecule is Cc1csc(SCc2c(C(=O)N3CCN(c4ccncc4)CC3)oc3ccccc23)n1. The molecule has 0 spiro atoms. The molecule has 1 aliphatic heterocycles. The number of aryl methyl sites for hydroxylation is 1. The molecule has 0 unspecified atom stereocenters. The van der Waals surface area contributed by atoms with Crippen molar-refractivity contribution in [3.05, 3.63) is 71.2 Å². The third kappa shape index (κ3) is 4.18. The smallest absolute Gasteiger partial charge is 0.290 e. The molecule has 6 nitrogen and oxygen atoms in total. The standard InChI is InChI=1S/C23H22N4O2S2/c1-16-14-30-23(25-16)31-15-19-18-4-2-3-5-20(18)29-21(19)22(28)27-12-10-26(11-13-27)17-6-8-24-9-7-17/h2-9,14H,10-13,15H2,1H3. The van der Waals surface area contributed by atoms with Crippen molar-refractivity contribution >= 4 is 45.7 Å². The van der Waals surface area contributed by atoms with Gasteiger partial charge in [-0.05, 0) is 25.1 Å². The molecule has 31 heavy (non-hydrogen) atoms. The molecule has 1 saturated heterocycles. The molecule has 0 saturated carbocycles. The largest absolute Gasteiger partial charge is 0.451 e. The number of anilines is 1. The number of benzene rings is 1. The highest BCUT2D eigenvalue weighted by molar-refractivity contribution is 8.00. The Bertz CT molecular complexity index is 1200. The predicted molar refractivity (Wildman–Crippen MR) is 125 cm³/mol. The summed E-state index contributed by atoms with van der Waals surface area (Å²) < 4.78 is 7.08. The van der Waals surface area contributed by atoms with Crippen LogP contribution in [0.15, 0.2) is 62.9 Å². The first-order valence-corrected chi connectivity index (χ1v) is 12.0. The number of nitrogens with zero attached hydrogens (tertiary/aromatic N) is 4. The zero-order valence-electron chi connectivity index (χ0n) is 17.2. The van der Waals surface area contributed by atoms with Crippen LogP contribution >= 0.6 is 23.1 Å². The maximum Gasteiger partial charge on any atom is 0.290 e. The first-order chi connectivity index (χ1) is 15.2. The highest BCUT2D eigenvalue weighted by Gasteiger charge is 2.28. The molecule has 8 heteroatoms. The molecule has 0 aliphatic carbocycles. The number of amides is 1. The summed E-state index contributed by atoms with van der Waals surface area (Å²) >= 11 is 3.29. The van der Waals surface area contributed by atoms with Crippen molar-refractivity contribution in [2.75, 3.05) is 31.1 Å². The van der Waals surface area contributed by atoms with Gasteiger partial charge in [0, 0.05) is 72.0 Å². The number of thioether (sulfide) groups is 1. The first kappa shape index (κ1) is 20.1. The molecular weight excluding hydrogens is 428 g/mol. The Morgan fingerprint density at radius 1 is 1.13 bits per heavy atom. The number of piperazine rings is 1. The van der Waals surface area contributed by atoms with Gasteiger partial charge in [0.2, 0.25) is 0 Å². The number of aromatic nitrogens is 2. The van der Waals surface area contributed by atoms with E-state index in [0.29, 0.717) is 24.6 Å². The van der Waals surface area contributed by atoms with Crippen LogP contribution in [0.4, 0.5) is 5.69 Å². The average Bonchev–Trinajstić information content (AvgIpc) is 3.41. The summed E-state index contributed by atoms with van der Waals surface area (Å²) in [5.41, 5.74) is 3.87. The van der Waals surface area contributed by atoms with Crippen LogP contribution in [0.2, 0.25) is 0 Å². The van der Waals surface area contributed by atoms with Gasteiger partial charge in [-0.15, -0.1) is 11.3 Å². The molecule has 0 bridgehead atoms. The third-order valence-corrected chi connectivity index (χ3v) is 7.59. The lowest BCUT2D eigenvalue weighted by molar-refractivity contribution is 0.0716. The van der Waals surface area contributed by atoms with E-state index >= 15 is 0 Å². The zero-order chi connectivity index (χ0) is 21.2. The molecule has 5 rings (SSSR count). The van der Waals surface area contributed by atoms with Crippen molar-refractivity contribution in [3.63, 3.8) is 0 Å². The third-order valence-electron chi connectivity index (χ3n) is 5.43. The molecule has 1 aromatic carbocycles. The number of para-hydroxylation sites is 1. The summed E-state index contributed by atoms with van der Waals surface area (Å²) in [5.74, 6) is 1.08. The van der Waals surface area contributed by atoms with Crippen molar-refractivity contribution < 1.29 is 9.21 Å². The normalized spacial score (nSPS) is 14.4. The number of carbonyl (C=O) groups excluding carboxylic acids is 1. The molecule has 0 atom stereocenters. The Hall–Kier alpha value is -2.84. The van der Waals surface area contributed by atoms with Gasteiger partial charge in [0.1, 0.15) is 9.92 Å². The molecule has 1 amide bonds. The minimum Gasteiger partial charge on any atom is -0.451 e. The Labute approximate surface area is 188 Å². The maximum absolute atomic E-state index is 13.4. The lowest BCUT2D eigenvalue weighted by Gasteiger charge is -2.35. The van der Waals surface area contributed by atoms with Crippen LogP contribution in [0.5, 0.6) is 0 Å². The van der Waals surface area contributed by atoms with E-state index in [-0.39, 0.29) is 5.91 Å². The second-order valence-electron chi connectivity index (χ2n) is 7.43. The second kappa shape index (κ2) is 8.72. The van der Waals surface area contributed by atoms with Crippen molar-refractivity contribution in [2.45, 2.75) is 17.0 Å². The van der Waals surface area contributed by atoms with Crippen LogP contribution in [-0.2, 0) is 5.75 Å². The molecule has 3 aromatic heterocycles. The van der Waals surface area contributed by atoms with Gasteiger partial charge in [0.15, 0.2) is 5.76 Å². The van der Waals surface area contributed by atoms with Gasteiger partial charge in [-0.3, -0.25) is 9.78 Å². The van der Waals surface area contributed by atoms with Crippen molar-refractivity contribution in [3.8, 4) is 0 Å². The molecule has 0 radical (unpaired) electrons. The maximum atomic E-state index is 13.4. The number of carbonyl (C=O) groups is 1. The Kier molecular flexibility index (Phi) is 5.65. The molecular formula is C23H22N4O2S2. The van der Waals surface area contributed by atoms with Crippen LogP contribution in [0.25, 0.3) is 11.0 Å². The molecule has 0 N–H and O–H groups in total. The van der Waals surface area contributed by atoms with E-state index in [9.17, 15) is 4.79 Å². The monoisotopic (exact) mass is 450 g/mol. The summed E-state index contributed by atoms with van der Waals surface area (Å²) in [6, 6.07) is 11.9. The fourth-order valence-corrected chi connectivity index (χ4v) is 5.69. The van der Waals surface area contributed by atoms with E-state index in [2.05, 4.69) is 14.9 Å². The Morgan fingerprint density at radius 3 is 2.65 bits per heavy atom. The van der Waals surface area contributed by atoms with Gasteiger partial charge in [-0.25, -0.2) is 4.98 Å². The Morgan fingerprint density at radius 2 is 1.90 bits per heavy atom. The van der Waals surface area contributed by atoms with Crippen molar-refractivity contribution in [1.82, 2.24) is 14.9 Å². The van der Waals surface area contributed by atoms with Gasteiger partial charge >= 0.3 is 0 Å².